The number of nitro benzene ring substituents is 1. The second kappa shape index (κ2) is 8.13. The summed E-state index contributed by atoms with van der Waals surface area (Å²) in [5.41, 5.74) is 3.02. The van der Waals surface area contributed by atoms with Gasteiger partial charge in [-0.3, -0.25) is 19.8 Å². The van der Waals surface area contributed by atoms with E-state index in [0.717, 1.165) is 36.4 Å². The number of nitro groups is 1. The highest BCUT2D eigenvalue weighted by molar-refractivity contribution is 7.17. The van der Waals surface area contributed by atoms with Crippen LogP contribution in [0, 0.1) is 10.1 Å². The first kappa shape index (κ1) is 19.7. The van der Waals surface area contributed by atoms with Crippen molar-refractivity contribution in [2.24, 2.45) is 0 Å². The van der Waals surface area contributed by atoms with E-state index in [0.29, 0.717) is 23.9 Å². The van der Waals surface area contributed by atoms with E-state index in [2.05, 4.69) is 39.0 Å². The summed E-state index contributed by atoms with van der Waals surface area (Å²) >= 11 is 1.46. The third-order valence-electron chi connectivity index (χ3n) is 6.01. The SMILES string of the molecule is O=C(CCN1CCN(c2cccc3[nH]ccc23)CC1)c1csc2ccc([N+](=O)[O-])cc12. The first-order chi connectivity index (χ1) is 15.1. The van der Waals surface area contributed by atoms with Crippen LogP contribution in [0.2, 0.25) is 0 Å². The minimum Gasteiger partial charge on any atom is -0.368 e. The third kappa shape index (κ3) is 3.80. The lowest BCUT2D eigenvalue weighted by molar-refractivity contribution is -0.384. The van der Waals surface area contributed by atoms with Gasteiger partial charge in [0.15, 0.2) is 5.78 Å². The summed E-state index contributed by atoms with van der Waals surface area (Å²) in [6, 6.07) is 13.2. The van der Waals surface area contributed by atoms with Crippen molar-refractivity contribution in [3.8, 4) is 0 Å². The molecule has 0 radical (unpaired) electrons. The molecule has 0 spiro atoms. The summed E-state index contributed by atoms with van der Waals surface area (Å²) in [6.07, 6.45) is 2.39. The highest BCUT2D eigenvalue weighted by Crippen LogP contribution is 2.31. The van der Waals surface area contributed by atoms with Gasteiger partial charge in [0.25, 0.3) is 5.69 Å². The van der Waals surface area contributed by atoms with Gasteiger partial charge < -0.3 is 9.88 Å². The molecule has 1 aliphatic heterocycles. The van der Waals surface area contributed by atoms with E-state index in [4.69, 9.17) is 0 Å². The number of H-pyrrole nitrogens is 1. The zero-order valence-corrected chi connectivity index (χ0v) is 17.7. The summed E-state index contributed by atoms with van der Waals surface area (Å²) in [6.45, 7) is 4.36. The fraction of sp³-hybridized carbons (Fsp3) is 0.261. The van der Waals surface area contributed by atoms with Crippen LogP contribution in [-0.2, 0) is 0 Å². The number of hydrogen-bond acceptors (Lipinski definition) is 6. The van der Waals surface area contributed by atoms with E-state index in [1.165, 1.54) is 34.5 Å². The number of aromatic nitrogens is 1. The van der Waals surface area contributed by atoms with Crippen LogP contribution in [0.1, 0.15) is 16.8 Å². The lowest BCUT2D eigenvalue weighted by Gasteiger charge is -2.36. The Kier molecular flexibility index (Phi) is 5.17. The van der Waals surface area contributed by atoms with Crippen LogP contribution < -0.4 is 4.90 Å². The predicted molar refractivity (Wildman–Crippen MR) is 124 cm³/mol. The molecule has 0 unspecified atom stereocenters. The highest BCUT2D eigenvalue weighted by Gasteiger charge is 2.21. The first-order valence-electron chi connectivity index (χ1n) is 10.3. The number of benzene rings is 2. The zero-order chi connectivity index (χ0) is 21.4. The number of Topliss-reactive ketones (excluding diaryl/α,β-unsaturated/α-hetero) is 1. The van der Waals surface area contributed by atoms with E-state index in [1.807, 2.05) is 11.6 Å². The van der Waals surface area contributed by atoms with E-state index >= 15 is 0 Å². The molecule has 1 fully saturated rings. The van der Waals surface area contributed by atoms with Crippen molar-refractivity contribution in [2.45, 2.75) is 6.42 Å². The second-order valence-electron chi connectivity index (χ2n) is 7.80. The van der Waals surface area contributed by atoms with Crippen LogP contribution in [-0.4, -0.2) is 53.3 Å². The number of non-ortho nitro benzene ring substituents is 1. The maximum Gasteiger partial charge on any atom is 0.270 e. The molecule has 158 valence electrons. The van der Waals surface area contributed by atoms with E-state index in [-0.39, 0.29) is 11.5 Å². The van der Waals surface area contributed by atoms with Crippen molar-refractivity contribution >= 4 is 49.5 Å². The van der Waals surface area contributed by atoms with Crippen molar-refractivity contribution in [3.63, 3.8) is 0 Å². The molecule has 7 nitrogen and oxygen atoms in total. The average molecular weight is 435 g/mol. The van der Waals surface area contributed by atoms with Crippen LogP contribution in [0.4, 0.5) is 11.4 Å². The Balaban J connectivity index is 1.21. The van der Waals surface area contributed by atoms with Gasteiger partial charge in [-0.25, -0.2) is 0 Å². The number of carbonyl (C=O) groups is 1. The van der Waals surface area contributed by atoms with Gasteiger partial charge in [-0.15, -0.1) is 11.3 Å². The summed E-state index contributed by atoms with van der Waals surface area (Å²) in [4.78, 5) is 31.5. The smallest absolute Gasteiger partial charge is 0.270 e. The molecule has 0 aliphatic carbocycles. The van der Waals surface area contributed by atoms with Crippen molar-refractivity contribution in [3.05, 3.63) is 69.7 Å². The maximum atomic E-state index is 12.8. The van der Waals surface area contributed by atoms with Gasteiger partial charge in [0.2, 0.25) is 0 Å². The van der Waals surface area contributed by atoms with Crippen molar-refractivity contribution in [1.82, 2.24) is 9.88 Å². The van der Waals surface area contributed by atoms with Crippen LogP contribution >= 0.6 is 11.3 Å². The Hall–Kier alpha value is -3.23. The highest BCUT2D eigenvalue weighted by atomic mass is 32.1. The monoisotopic (exact) mass is 434 g/mol. The lowest BCUT2D eigenvalue weighted by atomic mass is 10.1. The number of nitrogens with zero attached hydrogens (tertiary/aromatic N) is 3. The standard InChI is InChI=1S/C23H22N4O3S/c28-22(19-15-31-23-5-4-16(27(29)30)14-18(19)23)7-9-25-10-12-26(13-11-25)21-3-1-2-20-17(21)6-8-24-20/h1-6,8,14-15,24H,7,9-13H2. The molecule has 3 heterocycles. The number of piperazine rings is 1. The third-order valence-corrected chi connectivity index (χ3v) is 6.97. The van der Waals surface area contributed by atoms with Crippen LogP contribution in [0.3, 0.4) is 0 Å². The molecule has 0 atom stereocenters. The Morgan fingerprint density at radius 2 is 1.94 bits per heavy atom. The first-order valence-corrected chi connectivity index (χ1v) is 11.2. The lowest BCUT2D eigenvalue weighted by Crippen LogP contribution is -2.47. The Morgan fingerprint density at radius 1 is 1.10 bits per heavy atom. The normalized spacial score (nSPS) is 15.0. The van der Waals surface area contributed by atoms with Crippen LogP contribution in [0.15, 0.2) is 54.0 Å². The van der Waals surface area contributed by atoms with Gasteiger partial charge in [0.05, 0.1) is 4.92 Å². The number of hydrogen-bond donors (Lipinski definition) is 1. The van der Waals surface area contributed by atoms with E-state index in [9.17, 15) is 14.9 Å². The molecule has 0 amide bonds. The Morgan fingerprint density at radius 3 is 2.74 bits per heavy atom. The van der Waals surface area contributed by atoms with Crippen LogP contribution in [0.25, 0.3) is 21.0 Å². The molecule has 1 aliphatic rings. The molecule has 2 aromatic carbocycles. The van der Waals surface area contributed by atoms with Gasteiger partial charge in [-0.1, -0.05) is 6.07 Å². The molecule has 1 N–H and O–H groups in total. The minimum atomic E-state index is -0.418. The Bertz CT molecular complexity index is 1270. The Labute approximate surface area is 183 Å². The van der Waals surface area contributed by atoms with Gasteiger partial charge in [-0.2, -0.15) is 0 Å². The fourth-order valence-electron chi connectivity index (χ4n) is 4.30. The quantitative estimate of drug-likeness (QED) is 0.271. The van der Waals surface area contributed by atoms with Crippen LogP contribution in [0.5, 0.6) is 0 Å². The molecule has 31 heavy (non-hydrogen) atoms. The predicted octanol–water partition coefficient (Wildman–Crippen LogP) is 4.69. The van der Waals surface area contributed by atoms with Gasteiger partial charge in [0, 0.05) is 95.1 Å². The fourth-order valence-corrected chi connectivity index (χ4v) is 5.24. The summed E-state index contributed by atoms with van der Waals surface area (Å²) in [5.74, 6) is 0.0475. The molecule has 2 aromatic heterocycles. The molecular weight excluding hydrogens is 412 g/mol. The molecule has 0 saturated carbocycles. The number of carbonyl (C=O) groups excluding carboxylic acids is 1. The van der Waals surface area contributed by atoms with Crippen molar-refractivity contribution in [1.29, 1.82) is 0 Å². The van der Waals surface area contributed by atoms with Crippen molar-refractivity contribution in [2.75, 3.05) is 37.6 Å². The topological polar surface area (TPSA) is 82.5 Å². The molecule has 8 heteroatoms. The summed E-state index contributed by atoms with van der Waals surface area (Å²) in [5, 5.41) is 14.8. The zero-order valence-electron chi connectivity index (χ0n) is 16.9. The minimum absolute atomic E-state index is 0.0218. The van der Waals surface area contributed by atoms with Gasteiger partial charge >= 0.3 is 0 Å². The van der Waals surface area contributed by atoms with E-state index < -0.39 is 4.92 Å². The summed E-state index contributed by atoms with van der Waals surface area (Å²) < 4.78 is 0.904. The van der Waals surface area contributed by atoms with Gasteiger partial charge in [-0.05, 0) is 24.3 Å². The second-order valence-corrected chi connectivity index (χ2v) is 8.72. The number of ketones is 1. The number of aromatic amines is 1. The molecule has 1 saturated heterocycles. The molecular formula is C23H22N4O3S. The van der Waals surface area contributed by atoms with Gasteiger partial charge in [0.1, 0.15) is 0 Å². The van der Waals surface area contributed by atoms with E-state index in [1.54, 1.807) is 6.07 Å². The number of rotatable bonds is 6. The van der Waals surface area contributed by atoms with Crippen molar-refractivity contribution < 1.29 is 9.72 Å². The average Bonchev–Trinajstić information content (AvgIpc) is 3.44. The number of anilines is 1. The number of nitrogens with one attached hydrogen (secondary N) is 1. The maximum absolute atomic E-state index is 12.8. The number of thiophene rings is 1. The number of fused-ring (bicyclic) bond motifs is 2. The molecule has 5 rings (SSSR count). The largest absolute Gasteiger partial charge is 0.368 e. The molecule has 4 aromatic rings. The summed E-state index contributed by atoms with van der Waals surface area (Å²) in [7, 11) is 0. The molecule has 0 bridgehead atoms.